The van der Waals surface area contributed by atoms with Crippen molar-refractivity contribution in [1.82, 2.24) is 0 Å². The van der Waals surface area contributed by atoms with Gasteiger partial charge in [-0.3, -0.25) is 0 Å². The Balaban J connectivity index is 1.51. The van der Waals surface area contributed by atoms with Crippen molar-refractivity contribution >= 4 is 16.7 Å². The highest BCUT2D eigenvalue weighted by molar-refractivity contribution is 5.92. The van der Waals surface area contributed by atoms with Crippen molar-refractivity contribution in [2.24, 2.45) is 0 Å². The molecular formula is C26H22O2. The van der Waals surface area contributed by atoms with Crippen molar-refractivity contribution < 1.29 is 9.53 Å². The number of ether oxygens (including phenoxy) is 1. The van der Waals surface area contributed by atoms with Crippen LogP contribution in [-0.2, 0) is 6.42 Å². The van der Waals surface area contributed by atoms with E-state index in [0.717, 1.165) is 28.3 Å². The molecule has 0 aliphatic heterocycles. The molecule has 0 aliphatic carbocycles. The second-order valence-corrected chi connectivity index (χ2v) is 7.03. The Morgan fingerprint density at radius 2 is 1.36 bits per heavy atom. The fourth-order valence-corrected chi connectivity index (χ4v) is 3.30. The fraction of sp³-hybridized carbons (Fsp3) is 0.115. The molecular weight excluding hydrogens is 344 g/mol. The van der Waals surface area contributed by atoms with Crippen molar-refractivity contribution in [3.63, 3.8) is 0 Å². The van der Waals surface area contributed by atoms with E-state index in [1.807, 2.05) is 48.5 Å². The summed E-state index contributed by atoms with van der Waals surface area (Å²) < 4.78 is 5.58. The van der Waals surface area contributed by atoms with Crippen LogP contribution in [-0.4, -0.2) is 5.97 Å². The second kappa shape index (κ2) is 7.69. The van der Waals surface area contributed by atoms with E-state index in [9.17, 15) is 4.79 Å². The monoisotopic (exact) mass is 366 g/mol. The average Bonchev–Trinajstić information content (AvgIpc) is 2.74. The maximum atomic E-state index is 12.5. The highest BCUT2D eigenvalue weighted by Crippen LogP contribution is 2.24. The normalized spacial score (nSPS) is 10.8. The van der Waals surface area contributed by atoms with Gasteiger partial charge in [0, 0.05) is 0 Å². The highest BCUT2D eigenvalue weighted by atomic mass is 16.5. The van der Waals surface area contributed by atoms with Crippen LogP contribution < -0.4 is 4.74 Å². The fourth-order valence-electron chi connectivity index (χ4n) is 3.30. The van der Waals surface area contributed by atoms with Crippen LogP contribution >= 0.6 is 0 Å². The lowest BCUT2D eigenvalue weighted by atomic mass is 10.0. The quantitative estimate of drug-likeness (QED) is 0.300. The molecule has 0 saturated heterocycles. The molecule has 4 aromatic carbocycles. The summed E-state index contributed by atoms with van der Waals surface area (Å²) in [6, 6.07) is 28.0. The Kier molecular flexibility index (Phi) is 4.94. The first-order valence-corrected chi connectivity index (χ1v) is 9.54. The van der Waals surface area contributed by atoms with Crippen LogP contribution in [0.3, 0.4) is 0 Å². The average molecular weight is 366 g/mol. The number of aryl methyl sites for hydroxylation is 2. The Bertz CT molecular complexity index is 1120. The third kappa shape index (κ3) is 3.81. The molecule has 4 rings (SSSR count). The minimum Gasteiger partial charge on any atom is -0.423 e. The SMILES string of the molecule is CCc1ccc(-c2ccc(C(=O)Oc3ccc4cc(C)ccc4c3)cc2)cc1. The summed E-state index contributed by atoms with van der Waals surface area (Å²) in [6.07, 6.45) is 1.03. The molecule has 0 fully saturated rings. The Morgan fingerprint density at radius 1 is 0.750 bits per heavy atom. The lowest BCUT2D eigenvalue weighted by Gasteiger charge is -2.08. The van der Waals surface area contributed by atoms with E-state index < -0.39 is 0 Å². The van der Waals surface area contributed by atoms with Crippen molar-refractivity contribution in [2.75, 3.05) is 0 Å². The van der Waals surface area contributed by atoms with E-state index in [4.69, 9.17) is 4.74 Å². The lowest BCUT2D eigenvalue weighted by Crippen LogP contribution is -2.08. The smallest absolute Gasteiger partial charge is 0.343 e. The van der Waals surface area contributed by atoms with Crippen LogP contribution in [0.5, 0.6) is 5.75 Å². The lowest BCUT2D eigenvalue weighted by molar-refractivity contribution is 0.0735. The second-order valence-electron chi connectivity index (χ2n) is 7.03. The minimum absolute atomic E-state index is 0.348. The zero-order valence-corrected chi connectivity index (χ0v) is 16.1. The molecule has 2 nitrogen and oxygen atoms in total. The van der Waals surface area contributed by atoms with Crippen LogP contribution in [0, 0.1) is 6.92 Å². The molecule has 0 spiro atoms. The van der Waals surface area contributed by atoms with Gasteiger partial charge in [-0.25, -0.2) is 4.79 Å². The zero-order chi connectivity index (χ0) is 19.5. The number of carbonyl (C=O) groups excluding carboxylic acids is 1. The summed E-state index contributed by atoms with van der Waals surface area (Å²) in [6.45, 7) is 4.21. The van der Waals surface area contributed by atoms with Crippen molar-refractivity contribution in [1.29, 1.82) is 0 Å². The molecule has 138 valence electrons. The molecule has 0 bridgehead atoms. The third-order valence-electron chi connectivity index (χ3n) is 4.99. The van der Waals surface area contributed by atoms with Gasteiger partial charge in [0.1, 0.15) is 5.75 Å². The summed E-state index contributed by atoms with van der Waals surface area (Å²) in [5, 5.41) is 2.19. The molecule has 0 unspecified atom stereocenters. The number of esters is 1. The number of fused-ring (bicyclic) bond motifs is 1. The summed E-state index contributed by atoms with van der Waals surface area (Å²) in [5.74, 6) is 0.208. The summed E-state index contributed by atoms with van der Waals surface area (Å²) in [4.78, 5) is 12.5. The zero-order valence-electron chi connectivity index (χ0n) is 16.1. The van der Waals surface area contributed by atoms with Crippen LogP contribution in [0.1, 0.15) is 28.4 Å². The van der Waals surface area contributed by atoms with Crippen LogP contribution in [0.2, 0.25) is 0 Å². The Hall–Kier alpha value is -3.39. The van der Waals surface area contributed by atoms with Gasteiger partial charge in [-0.2, -0.15) is 0 Å². The van der Waals surface area contributed by atoms with Gasteiger partial charge in [0.15, 0.2) is 0 Å². The standard InChI is InChI=1S/C26H22O2/c1-3-19-5-8-20(9-6-19)21-10-12-22(13-11-21)26(27)28-25-15-14-23-16-18(2)4-7-24(23)17-25/h4-17H,3H2,1-2H3. The molecule has 2 heteroatoms. The van der Waals surface area contributed by atoms with Gasteiger partial charge in [0.25, 0.3) is 0 Å². The van der Waals surface area contributed by atoms with Crippen molar-refractivity contribution in [2.45, 2.75) is 20.3 Å². The van der Waals surface area contributed by atoms with E-state index in [2.05, 4.69) is 50.2 Å². The largest absolute Gasteiger partial charge is 0.423 e. The summed E-state index contributed by atoms with van der Waals surface area (Å²) in [7, 11) is 0. The first-order valence-electron chi connectivity index (χ1n) is 9.54. The maximum absolute atomic E-state index is 12.5. The Labute approximate surface area is 165 Å². The topological polar surface area (TPSA) is 26.3 Å². The molecule has 0 N–H and O–H groups in total. The molecule has 28 heavy (non-hydrogen) atoms. The van der Waals surface area contributed by atoms with Gasteiger partial charge in [-0.1, -0.05) is 73.2 Å². The van der Waals surface area contributed by atoms with E-state index in [-0.39, 0.29) is 5.97 Å². The maximum Gasteiger partial charge on any atom is 0.343 e. The Morgan fingerprint density at radius 3 is 2.04 bits per heavy atom. The third-order valence-corrected chi connectivity index (χ3v) is 4.99. The number of benzene rings is 4. The predicted octanol–water partition coefficient (Wildman–Crippen LogP) is 6.60. The van der Waals surface area contributed by atoms with Crippen molar-refractivity contribution in [3.05, 3.63) is 102 Å². The van der Waals surface area contributed by atoms with E-state index in [1.165, 1.54) is 11.1 Å². The van der Waals surface area contributed by atoms with Crippen molar-refractivity contribution in [3.8, 4) is 16.9 Å². The van der Waals surface area contributed by atoms with Crippen LogP contribution in [0.15, 0.2) is 84.9 Å². The molecule has 0 amide bonds. The number of rotatable bonds is 4. The summed E-state index contributed by atoms with van der Waals surface area (Å²) >= 11 is 0. The van der Waals surface area contributed by atoms with E-state index in [0.29, 0.717) is 11.3 Å². The van der Waals surface area contributed by atoms with Gasteiger partial charge in [0.05, 0.1) is 5.56 Å². The molecule has 0 aliphatic rings. The molecule has 0 radical (unpaired) electrons. The number of hydrogen-bond acceptors (Lipinski definition) is 2. The van der Waals surface area contributed by atoms with Crippen LogP contribution in [0.25, 0.3) is 21.9 Å². The number of hydrogen-bond donors (Lipinski definition) is 0. The van der Waals surface area contributed by atoms with Gasteiger partial charge in [-0.05, 0) is 65.1 Å². The van der Waals surface area contributed by atoms with E-state index >= 15 is 0 Å². The highest BCUT2D eigenvalue weighted by Gasteiger charge is 2.10. The van der Waals surface area contributed by atoms with Gasteiger partial charge in [-0.15, -0.1) is 0 Å². The minimum atomic E-state index is -0.348. The van der Waals surface area contributed by atoms with Gasteiger partial charge in [0.2, 0.25) is 0 Å². The first kappa shape index (κ1) is 18.0. The molecule has 0 aromatic heterocycles. The van der Waals surface area contributed by atoms with Gasteiger partial charge < -0.3 is 4.74 Å². The summed E-state index contributed by atoms with van der Waals surface area (Å²) in [5.41, 5.74) is 5.29. The first-order chi connectivity index (χ1) is 13.6. The molecule has 0 saturated carbocycles. The van der Waals surface area contributed by atoms with Gasteiger partial charge >= 0.3 is 5.97 Å². The van der Waals surface area contributed by atoms with E-state index in [1.54, 1.807) is 0 Å². The van der Waals surface area contributed by atoms with Crippen LogP contribution in [0.4, 0.5) is 0 Å². The number of carbonyl (C=O) groups is 1. The molecule has 0 heterocycles. The predicted molar refractivity (Wildman–Crippen MR) is 115 cm³/mol. The molecule has 4 aromatic rings. The molecule has 0 atom stereocenters.